The van der Waals surface area contributed by atoms with Gasteiger partial charge in [-0.2, -0.15) is 0 Å². The lowest BCUT2D eigenvalue weighted by Crippen LogP contribution is -2.35. The highest BCUT2D eigenvalue weighted by molar-refractivity contribution is 5.26. The standard InChI is InChI=1S/C13H21NO/c1-4-11(5-2)13(6-3)15-12-8-7-9-14-10-12/h4,6,12,14H,1,3,5,7-10H2,2H3/b13-11-. The van der Waals surface area contributed by atoms with Crippen molar-refractivity contribution < 1.29 is 4.74 Å². The third-order valence-corrected chi connectivity index (χ3v) is 2.67. The Morgan fingerprint density at radius 2 is 2.27 bits per heavy atom. The van der Waals surface area contributed by atoms with Crippen LogP contribution in [0.1, 0.15) is 26.2 Å². The van der Waals surface area contributed by atoms with Gasteiger partial charge in [0.15, 0.2) is 0 Å². The Bertz CT molecular complexity index is 249. The molecule has 0 bridgehead atoms. The fraction of sp³-hybridized carbons (Fsp3) is 0.538. The molecule has 0 spiro atoms. The van der Waals surface area contributed by atoms with Gasteiger partial charge in [0.2, 0.25) is 0 Å². The smallest absolute Gasteiger partial charge is 0.122 e. The first kappa shape index (κ1) is 12.1. The number of rotatable bonds is 5. The van der Waals surface area contributed by atoms with Gasteiger partial charge in [0, 0.05) is 6.54 Å². The molecule has 2 nitrogen and oxygen atoms in total. The second-order valence-corrected chi connectivity index (χ2v) is 3.74. The monoisotopic (exact) mass is 207 g/mol. The minimum absolute atomic E-state index is 0.285. The number of allylic oxidation sites excluding steroid dienone is 3. The van der Waals surface area contributed by atoms with Gasteiger partial charge >= 0.3 is 0 Å². The van der Waals surface area contributed by atoms with Crippen molar-refractivity contribution in [3.8, 4) is 0 Å². The second kappa shape index (κ2) is 6.46. The average Bonchev–Trinajstić information content (AvgIpc) is 2.30. The molecule has 0 saturated carbocycles. The highest BCUT2D eigenvalue weighted by Crippen LogP contribution is 2.17. The highest BCUT2D eigenvalue weighted by atomic mass is 16.5. The fourth-order valence-electron chi connectivity index (χ4n) is 1.77. The molecule has 1 heterocycles. The first-order valence-corrected chi connectivity index (χ1v) is 5.67. The van der Waals surface area contributed by atoms with Crippen molar-refractivity contribution in [2.75, 3.05) is 13.1 Å². The molecule has 0 aromatic heterocycles. The Kier molecular flexibility index (Phi) is 5.19. The maximum Gasteiger partial charge on any atom is 0.122 e. The topological polar surface area (TPSA) is 21.3 Å². The lowest BCUT2D eigenvalue weighted by molar-refractivity contribution is 0.0988. The van der Waals surface area contributed by atoms with Crippen LogP contribution >= 0.6 is 0 Å². The van der Waals surface area contributed by atoms with E-state index in [2.05, 4.69) is 25.4 Å². The summed E-state index contributed by atoms with van der Waals surface area (Å²) in [5.74, 6) is 0.890. The SMILES string of the molecule is C=C/C(CC)=C(\C=C)OC1CCCNC1. The maximum atomic E-state index is 5.91. The van der Waals surface area contributed by atoms with E-state index in [4.69, 9.17) is 4.74 Å². The molecule has 1 unspecified atom stereocenters. The Labute approximate surface area is 92.7 Å². The zero-order chi connectivity index (χ0) is 11.1. The van der Waals surface area contributed by atoms with E-state index in [0.717, 1.165) is 37.3 Å². The van der Waals surface area contributed by atoms with Gasteiger partial charge in [0.1, 0.15) is 11.9 Å². The van der Waals surface area contributed by atoms with Gasteiger partial charge in [-0.3, -0.25) is 0 Å². The van der Waals surface area contributed by atoms with Crippen LogP contribution in [0.5, 0.6) is 0 Å². The van der Waals surface area contributed by atoms with E-state index in [1.54, 1.807) is 6.08 Å². The molecule has 0 aromatic carbocycles. The van der Waals surface area contributed by atoms with Crippen molar-refractivity contribution in [1.29, 1.82) is 0 Å². The average molecular weight is 207 g/mol. The first-order chi connectivity index (χ1) is 7.31. The van der Waals surface area contributed by atoms with Crippen LogP contribution in [0.15, 0.2) is 36.6 Å². The number of nitrogens with one attached hydrogen (secondary N) is 1. The highest BCUT2D eigenvalue weighted by Gasteiger charge is 2.15. The summed E-state index contributed by atoms with van der Waals surface area (Å²) >= 11 is 0. The molecule has 15 heavy (non-hydrogen) atoms. The summed E-state index contributed by atoms with van der Waals surface area (Å²) in [4.78, 5) is 0. The quantitative estimate of drug-likeness (QED) is 0.553. The molecule has 0 radical (unpaired) electrons. The van der Waals surface area contributed by atoms with Gasteiger partial charge in [-0.15, -0.1) is 0 Å². The third kappa shape index (κ3) is 3.56. The number of piperidine rings is 1. The summed E-state index contributed by atoms with van der Waals surface area (Å²) in [6.07, 6.45) is 7.17. The minimum atomic E-state index is 0.285. The Hall–Kier alpha value is -1.02. The zero-order valence-electron chi connectivity index (χ0n) is 9.59. The van der Waals surface area contributed by atoms with Crippen LogP contribution in [0.3, 0.4) is 0 Å². The lowest BCUT2D eigenvalue weighted by atomic mass is 10.1. The van der Waals surface area contributed by atoms with Crippen LogP contribution in [-0.4, -0.2) is 19.2 Å². The van der Waals surface area contributed by atoms with Gasteiger partial charge < -0.3 is 10.1 Å². The molecule has 0 aliphatic carbocycles. The van der Waals surface area contributed by atoms with Gasteiger partial charge in [-0.25, -0.2) is 0 Å². The van der Waals surface area contributed by atoms with E-state index in [1.807, 2.05) is 6.08 Å². The van der Waals surface area contributed by atoms with Gasteiger partial charge in [-0.1, -0.05) is 26.2 Å². The first-order valence-electron chi connectivity index (χ1n) is 5.67. The summed E-state index contributed by atoms with van der Waals surface area (Å²) < 4.78 is 5.91. The van der Waals surface area contributed by atoms with Crippen molar-refractivity contribution in [3.05, 3.63) is 36.6 Å². The van der Waals surface area contributed by atoms with Crippen LogP contribution < -0.4 is 5.32 Å². The van der Waals surface area contributed by atoms with Crippen molar-refractivity contribution in [2.24, 2.45) is 0 Å². The molecule has 0 amide bonds. The fourth-order valence-corrected chi connectivity index (χ4v) is 1.77. The summed E-state index contributed by atoms with van der Waals surface area (Å²) in [7, 11) is 0. The molecule has 0 aromatic rings. The van der Waals surface area contributed by atoms with Crippen LogP contribution in [0.4, 0.5) is 0 Å². The Morgan fingerprint density at radius 1 is 1.47 bits per heavy atom. The molecular weight excluding hydrogens is 186 g/mol. The summed E-state index contributed by atoms with van der Waals surface area (Å²) in [5, 5.41) is 3.33. The van der Waals surface area contributed by atoms with Crippen LogP contribution in [0, 0.1) is 0 Å². The molecule has 1 aliphatic rings. The molecule has 1 N–H and O–H groups in total. The predicted octanol–water partition coefficient (Wildman–Crippen LogP) is 2.79. The zero-order valence-corrected chi connectivity index (χ0v) is 9.59. The van der Waals surface area contributed by atoms with Crippen LogP contribution in [-0.2, 0) is 4.74 Å². The van der Waals surface area contributed by atoms with Gasteiger partial charge in [0.05, 0.1) is 0 Å². The number of hydrogen-bond donors (Lipinski definition) is 1. The molecule has 1 atom stereocenters. The summed E-state index contributed by atoms with van der Waals surface area (Å²) in [6.45, 7) is 11.7. The summed E-state index contributed by atoms with van der Waals surface area (Å²) in [5.41, 5.74) is 1.13. The molecule has 1 fully saturated rings. The van der Waals surface area contributed by atoms with Gasteiger partial charge in [0.25, 0.3) is 0 Å². The van der Waals surface area contributed by atoms with Gasteiger partial charge in [-0.05, 0) is 37.5 Å². The van der Waals surface area contributed by atoms with Crippen molar-refractivity contribution in [2.45, 2.75) is 32.3 Å². The Morgan fingerprint density at radius 3 is 2.73 bits per heavy atom. The number of hydrogen-bond acceptors (Lipinski definition) is 2. The largest absolute Gasteiger partial charge is 0.489 e. The summed E-state index contributed by atoms with van der Waals surface area (Å²) in [6, 6.07) is 0. The molecule has 1 aliphatic heterocycles. The van der Waals surface area contributed by atoms with E-state index in [1.165, 1.54) is 6.42 Å². The van der Waals surface area contributed by atoms with Crippen LogP contribution in [0.25, 0.3) is 0 Å². The lowest BCUT2D eigenvalue weighted by Gasteiger charge is -2.25. The van der Waals surface area contributed by atoms with Crippen LogP contribution in [0.2, 0.25) is 0 Å². The molecule has 2 heteroatoms. The van der Waals surface area contributed by atoms with E-state index < -0.39 is 0 Å². The Balaban J connectivity index is 2.62. The maximum absolute atomic E-state index is 5.91. The van der Waals surface area contributed by atoms with E-state index >= 15 is 0 Å². The van der Waals surface area contributed by atoms with Crippen molar-refractivity contribution in [1.82, 2.24) is 5.32 Å². The molecule has 1 rings (SSSR count). The molecule has 1 saturated heterocycles. The third-order valence-electron chi connectivity index (χ3n) is 2.67. The molecular formula is C13H21NO. The second-order valence-electron chi connectivity index (χ2n) is 3.74. The number of ether oxygens (including phenoxy) is 1. The van der Waals surface area contributed by atoms with Crippen molar-refractivity contribution in [3.63, 3.8) is 0 Å². The van der Waals surface area contributed by atoms with Crippen molar-refractivity contribution >= 4 is 0 Å². The van der Waals surface area contributed by atoms with E-state index in [0.29, 0.717) is 0 Å². The molecule has 84 valence electrons. The normalized spacial score (nSPS) is 22.9. The van der Waals surface area contributed by atoms with E-state index in [9.17, 15) is 0 Å². The minimum Gasteiger partial charge on any atom is -0.489 e. The van der Waals surface area contributed by atoms with E-state index in [-0.39, 0.29) is 6.10 Å². The predicted molar refractivity (Wildman–Crippen MR) is 64.7 cm³/mol.